The lowest BCUT2D eigenvalue weighted by molar-refractivity contribution is 0.00791. The number of halogens is 1. The third kappa shape index (κ3) is 4.37. The van der Waals surface area contributed by atoms with E-state index in [1.165, 1.54) is 24.4 Å². The quantitative estimate of drug-likeness (QED) is 0.731. The van der Waals surface area contributed by atoms with E-state index < -0.39 is 0 Å². The van der Waals surface area contributed by atoms with Crippen molar-refractivity contribution in [2.45, 2.75) is 56.5 Å². The first-order chi connectivity index (χ1) is 14.3. The second-order valence-electron chi connectivity index (χ2n) is 8.27. The monoisotopic (exact) mass is 437 g/mol. The Balaban J connectivity index is 1.31. The molecule has 0 aromatic carbocycles. The molecule has 9 heteroatoms. The van der Waals surface area contributed by atoms with Crippen molar-refractivity contribution < 1.29 is 9.47 Å². The van der Waals surface area contributed by atoms with Gasteiger partial charge in [0.25, 0.3) is 0 Å². The molecular formula is C20H28ClN5O2S. The molecule has 0 atom stereocenters. The van der Waals surface area contributed by atoms with Gasteiger partial charge in [0.2, 0.25) is 5.28 Å². The first kappa shape index (κ1) is 19.9. The minimum absolute atomic E-state index is 0.296. The van der Waals surface area contributed by atoms with Crippen molar-refractivity contribution in [3.05, 3.63) is 11.0 Å². The summed E-state index contributed by atoms with van der Waals surface area (Å²) in [4.78, 5) is 12.5. The van der Waals surface area contributed by atoms with Gasteiger partial charge in [-0.05, 0) is 61.7 Å². The Morgan fingerprint density at radius 3 is 2.41 bits per heavy atom. The Morgan fingerprint density at radius 1 is 0.931 bits per heavy atom. The number of nitrogens with one attached hydrogen (secondary N) is 1. The molecule has 158 valence electrons. The predicted molar refractivity (Wildman–Crippen MR) is 115 cm³/mol. The van der Waals surface area contributed by atoms with E-state index in [4.69, 9.17) is 25.4 Å². The molecule has 29 heavy (non-hydrogen) atoms. The van der Waals surface area contributed by atoms with E-state index in [1.807, 2.05) is 0 Å². The zero-order valence-corrected chi connectivity index (χ0v) is 18.2. The van der Waals surface area contributed by atoms with Gasteiger partial charge in [0.1, 0.15) is 5.82 Å². The summed E-state index contributed by atoms with van der Waals surface area (Å²) in [6.07, 6.45) is 6.74. The van der Waals surface area contributed by atoms with Crippen LogP contribution in [-0.4, -0.2) is 70.8 Å². The molecule has 7 nitrogen and oxygen atoms in total. The van der Waals surface area contributed by atoms with Gasteiger partial charge in [0.05, 0.1) is 24.3 Å². The van der Waals surface area contributed by atoms with Gasteiger partial charge in [-0.2, -0.15) is 4.37 Å². The third-order valence-electron chi connectivity index (χ3n) is 6.54. The topological polar surface area (TPSA) is 72.4 Å². The summed E-state index contributed by atoms with van der Waals surface area (Å²) in [6, 6.07) is 1.11. The first-order valence-corrected chi connectivity index (χ1v) is 11.9. The summed E-state index contributed by atoms with van der Waals surface area (Å²) < 4.78 is 15.8. The lowest BCUT2D eigenvalue weighted by Gasteiger charge is -2.39. The minimum Gasteiger partial charge on any atom is -0.381 e. The van der Waals surface area contributed by atoms with Crippen molar-refractivity contribution in [1.29, 1.82) is 0 Å². The van der Waals surface area contributed by atoms with Gasteiger partial charge >= 0.3 is 0 Å². The van der Waals surface area contributed by atoms with Crippen molar-refractivity contribution in [3.63, 3.8) is 0 Å². The van der Waals surface area contributed by atoms with Crippen molar-refractivity contribution in [3.8, 4) is 0 Å². The van der Waals surface area contributed by atoms with Crippen molar-refractivity contribution in [2.24, 2.45) is 0 Å². The summed E-state index contributed by atoms with van der Waals surface area (Å²) in [6.45, 7) is 5.48. The maximum absolute atomic E-state index is 6.24. The smallest absolute Gasteiger partial charge is 0.225 e. The predicted octanol–water partition coefficient (Wildman–Crippen LogP) is 3.69. The maximum Gasteiger partial charge on any atom is 0.225 e. The summed E-state index contributed by atoms with van der Waals surface area (Å²) in [5, 5.41) is 5.08. The highest BCUT2D eigenvalue weighted by atomic mass is 35.5. The fraction of sp³-hybridized carbons (Fsp3) is 0.750. The molecular weight excluding hydrogens is 410 g/mol. The summed E-state index contributed by atoms with van der Waals surface area (Å²) in [5.74, 6) is 1.28. The van der Waals surface area contributed by atoms with E-state index in [2.05, 4.69) is 20.2 Å². The van der Waals surface area contributed by atoms with E-state index >= 15 is 0 Å². The first-order valence-electron chi connectivity index (χ1n) is 10.8. The van der Waals surface area contributed by atoms with Crippen LogP contribution in [0.1, 0.15) is 50.1 Å². The molecule has 1 aliphatic carbocycles. The molecule has 1 N–H and O–H groups in total. The van der Waals surface area contributed by atoms with Crippen LogP contribution in [0.2, 0.25) is 5.28 Å². The van der Waals surface area contributed by atoms with Crippen LogP contribution < -0.4 is 5.32 Å². The SMILES string of the molecule is Clc1nc(NC2CCC(N3CCOCC3)CC2)c2c(C3CCOCC3)nsc2n1. The lowest BCUT2D eigenvalue weighted by atomic mass is 9.89. The molecule has 0 amide bonds. The Morgan fingerprint density at radius 2 is 1.66 bits per heavy atom. The summed E-state index contributed by atoms with van der Waals surface area (Å²) in [7, 11) is 0. The standard InChI is InChI=1S/C20H28ClN5O2S/c21-20-23-18(16-17(25-29-19(16)24-20)13-5-9-27-10-6-13)22-14-1-3-15(4-2-14)26-7-11-28-12-8-26/h13-15H,1-12H2,(H,22,23,24). The number of hydrogen-bond acceptors (Lipinski definition) is 8. The number of rotatable bonds is 4. The largest absolute Gasteiger partial charge is 0.381 e. The van der Waals surface area contributed by atoms with Gasteiger partial charge < -0.3 is 14.8 Å². The Labute approximate surface area is 180 Å². The van der Waals surface area contributed by atoms with E-state index in [1.54, 1.807) is 0 Å². The molecule has 2 aromatic rings. The molecule has 0 spiro atoms. The van der Waals surface area contributed by atoms with Crippen LogP contribution >= 0.6 is 23.1 Å². The molecule has 2 saturated heterocycles. The second kappa shape index (κ2) is 8.98. The van der Waals surface area contributed by atoms with Crippen LogP contribution in [0.15, 0.2) is 0 Å². The maximum atomic E-state index is 6.24. The molecule has 0 radical (unpaired) electrons. The van der Waals surface area contributed by atoms with Gasteiger partial charge in [0.15, 0.2) is 4.83 Å². The molecule has 2 aromatic heterocycles. The Hall–Kier alpha value is -1.06. The molecule has 3 aliphatic rings. The number of ether oxygens (including phenoxy) is 2. The third-order valence-corrected chi connectivity index (χ3v) is 7.47. The van der Waals surface area contributed by atoms with E-state index in [-0.39, 0.29) is 0 Å². The summed E-state index contributed by atoms with van der Waals surface area (Å²) >= 11 is 7.67. The number of nitrogens with zero attached hydrogens (tertiary/aromatic N) is 4. The van der Waals surface area contributed by atoms with Crippen molar-refractivity contribution >= 4 is 39.2 Å². The van der Waals surface area contributed by atoms with Crippen LogP contribution in [0.25, 0.3) is 10.2 Å². The number of hydrogen-bond donors (Lipinski definition) is 1. The summed E-state index contributed by atoms with van der Waals surface area (Å²) in [5.41, 5.74) is 1.12. The van der Waals surface area contributed by atoms with Gasteiger partial charge in [-0.3, -0.25) is 4.90 Å². The number of anilines is 1. The molecule has 1 saturated carbocycles. The van der Waals surface area contributed by atoms with Crippen LogP contribution in [0.3, 0.4) is 0 Å². The highest BCUT2D eigenvalue weighted by Crippen LogP contribution is 2.38. The van der Waals surface area contributed by atoms with Crippen LogP contribution in [-0.2, 0) is 9.47 Å². The average molecular weight is 438 g/mol. The second-order valence-corrected chi connectivity index (χ2v) is 9.36. The van der Waals surface area contributed by atoms with Gasteiger partial charge in [-0.1, -0.05) is 0 Å². The normalized spacial score (nSPS) is 27.3. The fourth-order valence-corrected chi connectivity index (χ4v) is 5.99. The van der Waals surface area contributed by atoms with Gasteiger partial charge in [0, 0.05) is 44.3 Å². The van der Waals surface area contributed by atoms with E-state index in [0.717, 1.165) is 86.9 Å². The highest BCUT2D eigenvalue weighted by Gasteiger charge is 2.29. The molecule has 0 unspecified atom stereocenters. The van der Waals surface area contributed by atoms with Crippen LogP contribution in [0.4, 0.5) is 5.82 Å². The van der Waals surface area contributed by atoms with E-state index in [9.17, 15) is 0 Å². The minimum atomic E-state index is 0.296. The average Bonchev–Trinajstić information content (AvgIpc) is 3.19. The molecule has 3 fully saturated rings. The van der Waals surface area contributed by atoms with Crippen molar-refractivity contribution in [2.75, 3.05) is 44.8 Å². The van der Waals surface area contributed by atoms with Crippen molar-refractivity contribution in [1.82, 2.24) is 19.2 Å². The lowest BCUT2D eigenvalue weighted by Crippen LogP contribution is -2.46. The Kier molecular flexibility index (Phi) is 6.15. The van der Waals surface area contributed by atoms with E-state index in [0.29, 0.717) is 23.3 Å². The molecule has 5 rings (SSSR count). The fourth-order valence-electron chi connectivity index (χ4n) is 4.92. The van der Waals surface area contributed by atoms with Crippen LogP contribution in [0.5, 0.6) is 0 Å². The van der Waals surface area contributed by atoms with Crippen LogP contribution in [0, 0.1) is 0 Å². The van der Waals surface area contributed by atoms with Gasteiger partial charge in [-0.25, -0.2) is 9.97 Å². The molecule has 4 heterocycles. The van der Waals surface area contributed by atoms with Gasteiger partial charge in [-0.15, -0.1) is 0 Å². The molecule has 2 aliphatic heterocycles. The Bertz CT molecular complexity index is 830. The number of aromatic nitrogens is 3. The number of fused-ring (bicyclic) bond motifs is 1. The zero-order chi connectivity index (χ0) is 19.6. The number of morpholine rings is 1. The molecule has 0 bridgehead atoms. The highest BCUT2D eigenvalue weighted by molar-refractivity contribution is 7.13. The zero-order valence-electron chi connectivity index (χ0n) is 16.6.